The van der Waals surface area contributed by atoms with Gasteiger partial charge in [-0.2, -0.15) is 0 Å². The van der Waals surface area contributed by atoms with E-state index in [2.05, 4.69) is 4.74 Å². The fourth-order valence-electron chi connectivity index (χ4n) is 1.45. The lowest BCUT2D eigenvalue weighted by Gasteiger charge is -2.17. The van der Waals surface area contributed by atoms with Crippen LogP contribution in [0.15, 0.2) is 30.3 Å². The molecule has 0 fully saturated rings. The third-order valence-corrected chi connectivity index (χ3v) is 2.41. The Bertz CT molecular complexity index is 350. The molecule has 18 heavy (non-hydrogen) atoms. The molecule has 0 amide bonds. The third-order valence-electron chi connectivity index (χ3n) is 2.41. The number of hydrogen-bond acceptors (Lipinski definition) is 4. The zero-order chi connectivity index (χ0) is 13.4. The maximum Gasteiger partial charge on any atom is 0.508 e. The van der Waals surface area contributed by atoms with Crippen molar-refractivity contribution in [3.63, 3.8) is 0 Å². The normalized spacial score (nSPS) is 13.7. The van der Waals surface area contributed by atoms with Gasteiger partial charge in [-0.05, 0) is 26.3 Å². The fourth-order valence-corrected chi connectivity index (χ4v) is 1.45. The van der Waals surface area contributed by atoms with Gasteiger partial charge in [0.05, 0.1) is 19.3 Å². The van der Waals surface area contributed by atoms with Crippen molar-refractivity contribution in [1.29, 1.82) is 0 Å². The maximum atomic E-state index is 11.1. The molecule has 0 saturated carbocycles. The van der Waals surface area contributed by atoms with E-state index in [-0.39, 0.29) is 12.2 Å². The van der Waals surface area contributed by atoms with Gasteiger partial charge in [0.15, 0.2) is 0 Å². The first-order valence-electron chi connectivity index (χ1n) is 6.13. The molecule has 2 atom stereocenters. The van der Waals surface area contributed by atoms with E-state index in [0.717, 1.165) is 5.56 Å². The number of hydrogen-bond donors (Lipinski definition) is 0. The van der Waals surface area contributed by atoms with Crippen molar-refractivity contribution in [2.45, 2.75) is 33.0 Å². The quantitative estimate of drug-likeness (QED) is 0.728. The van der Waals surface area contributed by atoms with E-state index in [9.17, 15) is 4.79 Å². The lowest BCUT2D eigenvalue weighted by molar-refractivity contribution is -0.0278. The van der Waals surface area contributed by atoms with E-state index >= 15 is 0 Å². The molecule has 4 heteroatoms. The van der Waals surface area contributed by atoms with Crippen molar-refractivity contribution in [3.8, 4) is 0 Å². The second-order valence-electron chi connectivity index (χ2n) is 4.00. The molecule has 0 saturated heterocycles. The SMILES string of the molecule is CCOC(=O)OC(C)COC(C)c1ccccc1. The standard InChI is InChI=1S/C14H20O4/c1-4-16-14(15)18-11(2)10-17-12(3)13-8-6-5-7-9-13/h5-9,11-12H,4,10H2,1-3H3. The van der Waals surface area contributed by atoms with Crippen LogP contribution >= 0.6 is 0 Å². The molecule has 0 aliphatic rings. The van der Waals surface area contributed by atoms with Crippen LogP contribution in [-0.4, -0.2) is 25.5 Å². The van der Waals surface area contributed by atoms with Crippen molar-refractivity contribution in [2.75, 3.05) is 13.2 Å². The molecule has 2 unspecified atom stereocenters. The Balaban J connectivity index is 2.30. The zero-order valence-electron chi connectivity index (χ0n) is 11.1. The molecule has 4 nitrogen and oxygen atoms in total. The number of carbonyl (C=O) groups excluding carboxylic acids is 1. The molecule has 0 aliphatic carbocycles. The molecular formula is C14H20O4. The highest BCUT2D eigenvalue weighted by Crippen LogP contribution is 2.16. The van der Waals surface area contributed by atoms with Crippen LogP contribution in [0, 0.1) is 0 Å². The summed E-state index contributed by atoms with van der Waals surface area (Å²) in [6.07, 6.45) is -1.00. The Morgan fingerprint density at radius 1 is 1.22 bits per heavy atom. The van der Waals surface area contributed by atoms with E-state index in [1.54, 1.807) is 13.8 Å². The minimum absolute atomic E-state index is 0.0283. The van der Waals surface area contributed by atoms with Crippen LogP contribution < -0.4 is 0 Å². The van der Waals surface area contributed by atoms with Crippen LogP contribution in [0.5, 0.6) is 0 Å². The molecule has 0 N–H and O–H groups in total. The van der Waals surface area contributed by atoms with Crippen molar-refractivity contribution in [2.24, 2.45) is 0 Å². The van der Waals surface area contributed by atoms with Gasteiger partial charge in [0.2, 0.25) is 0 Å². The summed E-state index contributed by atoms with van der Waals surface area (Å²) in [6, 6.07) is 9.90. The lowest BCUT2D eigenvalue weighted by atomic mass is 10.1. The van der Waals surface area contributed by atoms with Gasteiger partial charge >= 0.3 is 6.16 Å². The first kappa shape index (κ1) is 14.5. The maximum absolute atomic E-state index is 11.1. The fraction of sp³-hybridized carbons (Fsp3) is 0.500. The number of benzene rings is 1. The third kappa shape index (κ3) is 5.19. The van der Waals surface area contributed by atoms with Gasteiger partial charge < -0.3 is 14.2 Å². The summed E-state index contributed by atoms with van der Waals surface area (Å²) in [7, 11) is 0. The lowest BCUT2D eigenvalue weighted by Crippen LogP contribution is -2.21. The second-order valence-corrected chi connectivity index (χ2v) is 4.00. The summed E-state index contributed by atoms with van der Waals surface area (Å²) >= 11 is 0. The smallest absolute Gasteiger partial charge is 0.435 e. The highest BCUT2D eigenvalue weighted by Gasteiger charge is 2.12. The first-order chi connectivity index (χ1) is 8.63. The van der Waals surface area contributed by atoms with Gasteiger partial charge in [-0.1, -0.05) is 30.3 Å². The highest BCUT2D eigenvalue weighted by molar-refractivity contribution is 5.59. The Kier molecular flexibility index (Phi) is 6.22. The summed E-state index contributed by atoms with van der Waals surface area (Å²) in [5.41, 5.74) is 1.10. The molecular weight excluding hydrogens is 232 g/mol. The predicted molar refractivity (Wildman–Crippen MR) is 68.4 cm³/mol. The summed E-state index contributed by atoms with van der Waals surface area (Å²) in [6.45, 7) is 6.13. The van der Waals surface area contributed by atoms with Gasteiger partial charge in [0, 0.05) is 0 Å². The highest BCUT2D eigenvalue weighted by atomic mass is 16.7. The topological polar surface area (TPSA) is 44.8 Å². The van der Waals surface area contributed by atoms with Gasteiger partial charge in [-0.25, -0.2) is 4.79 Å². The Labute approximate surface area is 108 Å². The average Bonchev–Trinajstić information content (AvgIpc) is 2.37. The molecule has 0 bridgehead atoms. The monoisotopic (exact) mass is 252 g/mol. The number of carbonyl (C=O) groups is 1. The van der Waals surface area contributed by atoms with Crippen molar-refractivity contribution in [1.82, 2.24) is 0 Å². The molecule has 1 aromatic rings. The number of ether oxygens (including phenoxy) is 3. The van der Waals surface area contributed by atoms with Crippen molar-refractivity contribution in [3.05, 3.63) is 35.9 Å². The molecule has 0 aliphatic heterocycles. The summed E-state index contributed by atoms with van der Waals surface area (Å²) in [4.78, 5) is 11.1. The number of rotatable bonds is 6. The van der Waals surface area contributed by atoms with Gasteiger partial charge in [0.25, 0.3) is 0 Å². The predicted octanol–water partition coefficient (Wildman–Crippen LogP) is 3.33. The van der Waals surface area contributed by atoms with Gasteiger partial charge in [0.1, 0.15) is 6.10 Å². The summed E-state index contributed by atoms with van der Waals surface area (Å²) < 4.78 is 15.3. The van der Waals surface area contributed by atoms with Crippen LogP contribution in [0.25, 0.3) is 0 Å². The van der Waals surface area contributed by atoms with Crippen molar-refractivity contribution >= 4 is 6.16 Å². The zero-order valence-corrected chi connectivity index (χ0v) is 11.1. The molecule has 0 aromatic heterocycles. The van der Waals surface area contributed by atoms with Gasteiger partial charge in [-0.3, -0.25) is 0 Å². The van der Waals surface area contributed by atoms with E-state index in [4.69, 9.17) is 9.47 Å². The minimum atomic E-state index is -0.652. The largest absolute Gasteiger partial charge is 0.508 e. The van der Waals surface area contributed by atoms with Crippen molar-refractivity contribution < 1.29 is 19.0 Å². The van der Waals surface area contributed by atoms with Crippen LogP contribution in [-0.2, 0) is 14.2 Å². The molecule has 0 radical (unpaired) electrons. The summed E-state index contributed by atoms with van der Waals surface area (Å²) in [5, 5.41) is 0. The minimum Gasteiger partial charge on any atom is -0.435 e. The molecule has 100 valence electrons. The van der Waals surface area contributed by atoms with Gasteiger partial charge in [-0.15, -0.1) is 0 Å². The Morgan fingerprint density at radius 2 is 1.89 bits per heavy atom. The van der Waals surface area contributed by atoms with Crippen LogP contribution in [0.1, 0.15) is 32.4 Å². The Morgan fingerprint density at radius 3 is 2.50 bits per heavy atom. The van der Waals surface area contributed by atoms with E-state index < -0.39 is 6.16 Å². The van der Waals surface area contributed by atoms with Crippen LogP contribution in [0.3, 0.4) is 0 Å². The van der Waals surface area contributed by atoms with E-state index in [0.29, 0.717) is 13.2 Å². The average molecular weight is 252 g/mol. The summed E-state index contributed by atoms with van der Waals surface area (Å²) in [5.74, 6) is 0. The Hall–Kier alpha value is -1.55. The molecule has 0 spiro atoms. The van der Waals surface area contributed by atoms with Crippen LogP contribution in [0.2, 0.25) is 0 Å². The van der Waals surface area contributed by atoms with E-state index in [1.807, 2.05) is 37.3 Å². The van der Waals surface area contributed by atoms with E-state index in [1.165, 1.54) is 0 Å². The second kappa shape index (κ2) is 7.71. The molecule has 1 rings (SSSR count). The first-order valence-corrected chi connectivity index (χ1v) is 6.13. The molecule has 1 aromatic carbocycles. The molecule has 0 heterocycles. The van der Waals surface area contributed by atoms with Crippen LogP contribution in [0.4, 0.5) is 4.79 Å².